The second-order valence-electron chi connectivity index (χ2n) is 8.33. The second-order valence-corrected chi connectivity index (χ2v) is 8.33. The maximum atomic E-state index is 13.7. The molecule has 0 radical (unpaired) electrons. The van der Waals surface area contributed by atoms with E-state index in [0.717, 1.165) is 16.9 Å². The van der Waals surface area contributed by atoms with Gasteiger partial charge in [0, 0.05) is 5.56 Å². The smallest absolute Gasteiger partial charge is 0.335 e. The van der Waals surface area contributed by atoms with E-state index < -0.39 is 72.4 Å². The fraction of sp³-hybridized carbons (Fsp3) is 0.348. The normalized spacial score (nSPS) is 24.7. The number of benzene rings is 2. The molecule has 198 valence electrons. The zero-order chi connectivity index (χ0) is 26.9. The van der Waals surface area contributed by atoms with Crippen molar-refractivity contribution in [3.63, 3.8) is 0 Å². The van der Waals surface area contributed by atoms with Crippen LogP contribution in [-0.4, -0.2) is 78.5 Å². The Kier molecular flexibility index (Phi) is 7.85. The lowest BCUT2D eigenvalue weighted by Gasteiger charge is -2.43. The van der Waals surface area contributed by atoms with Crippen molar-refractivity contribution in [1.29, 1.82) is 0 Å². The van der Waals surface area contributed by atoms with E-state index in [9.17, 15) is 42.8 Å². The van der Waals surface area contributed by atoms with Gasteiger partial charge in [-0.05, 0) is 29.8 Å². The number of aliphatic hydroxyl groups is 3. The first-order valence-corrected chi connectivity index (χ1v) is 10.9. The highest BCUT2D eigenvalue weighted by Crippen LogP contribution is 2.33. The van der Waals surface area contributed by atoms with Crippen molar-refractivity contribution in [3.05, 3.63) is 71.4 Å². The van der Waals surface area contributed by atoms with Crippen LogP contribution in [0.4, 0.5) is 17.6 Å². The number of hydrogen-bond acceptors (Lipinski definition) is 8. The number of nitrogens with zero attached hydrogens (tertiary/aromatic N) is 3. The van der Waals surface area contributed by atoms with Crippen LogP contribution in [0.3, 0.4) is 0 Å². The van der Waals surface area contributed by atoms with Crippen LogP contribution in [0.5, 0.6) is 0 Å². The molecule has 1 aliphatic heterocycles. The molecule has 1 fully saturated rings. The largest absolute Gasteiger partial charge is 0.479 e. The van der Waals surface area contributed by atoms with Gasteiger partial charge in [0.1, 0.15) is 42.0 Å². The number of aliphatic hydroxyl groups excluding tert-OH is 3. The van der Waals surface area contributed by atoms with Crippen LogP contribution in [0, 0.1) is 23.3 Å². The summed E-state index contributed by atoms with van der Waals surface area (Å²) in [5.74, 6) is -6.76. The fourth-order valence-electron chi connectivity index (χ4n) is 4.07. The van der Waals surface area contributed by atoms with Crippen molar-refractivity contribution in [2.45, 2.75) is 43.2 Å². The number of aromatic nitrogens is 3. The van der Waals surface area contributed by atoms with Crippen LogP contribution in [0.25, 0.3) is 11.3 Å². The molecule has 3 aromatic rings. The summed E-state index contributed by atoms with van der Waals surface area (Å²) in [5, 5.41) is 48.6. The summed E-state index contributed by atoms with van der Waals surface area (Å²) >= 11 is 0. The van der Waals surface area contributed by atoms with E-state index in [4.69, 9.17) is 9.47 Å². The first kappa shape index (κ1) is 26.6. The molecule has 0 amide bonds. The fourth-order valence-corrected chi connectivity index (χ4v) is 4.07. The van der Waals surface area contributed by atoms with Crippen LogP contribution < -0.4 is 0 Å². The van der Waals surface area contributed by atoms with Crippen LogP contribution in [0.2, 0.25) is 0 Å². The van der Waals surface area contributed by atoms with E-state index >= 15 is 0 Å². The lowest BCUT2D eigenvalue weighted by Crippen LogP contribution is -2.60. The van der Waals surface area contributed by atoms with Crippen LogP contribution >= 0.6 is 0 Å². The summed E-state index contributed by atoms with van der Waals surface area (Å²) in [7, 11) is 0. The van der Waals surface area contributed by atoms with Gasteiger partial charge in [-0.1, -0.05) is 17.3 Å². The molecule has 2 aromatic carbocycles. The highest BCUT2D eigenvalue weighted by molar-refractivity contribution is 5.73. The van der Waals surface area contributed by atoms with Gasteiger partial charge in [0.05, 0.1) is 19.4 Å². The van der Waals surface area contributed by atoms with E-state index in [0.29, 0.717) is 17.7 Å². The average molecular weight is 527 g/mol. The summed E-state index contributed by atoms with van der Waals surface area (Å²) in [6.45, 7) is -1.15. The van der Waals surface area contributed by atoms with Crippen LogP contribution in [0.15, 0.2) is 42.6 Å². The molecule has 1 aromatic heterocycles. The molecule has 2 heterocycles. The van der Waals surface area contributed by atoms with Crippen molar-refractivity contribution >= 4 is 5.97 Å². The summed E-state index contributed by atoms with van der Waals surface area (Å²) in [6, 6.07) is 5.08. The molecule has 37 heavy (non-hydrogen) atoms. The van der Waals surface area contributed by atoms with Crippen molar-refractivity contribution in [2.24, 2.45) is 0 Å². The Morgan fingerprint density at radius 2 is 1.81 bits per heavy atom. The molecule has 0 saturated carbocycles. The molecule has 0 aliphatic carbocycles. The molecule has 2 unspecified atom stereocenters. The maximum Gasteiger partial charge on any atom is 0.335 e. The van der Waals surface area contributed by atoms with Gasteiger partial charge >= 0.3 is 5.97 Å². The van der Waals surface area contributed by atoms with Crippen LogP contribution in [-0.2, 0) is 20.9 Å². The van der Waals surface area contributed by atoms with Crippen LogP contribution in [0.1, 0.15) is 11.6 Å². The SMILES string of the molecule is O=C(O)[C@@H](OCc1cccc(F)c1)[C@@H]1OC(CO)[C@H](O)[C@H](n2cc(-c3cc(F)c(F)c(F)c3)nn2)C1O. The van der Waals surface area contributed by atoms with E-state index in [1.54, 1.807) is 0 Å². The average Bonchev–Trinajstić information content (AvgIpc) is 3.33. The Hall–Kier alpha value is -3.43. The predicted molar refractivity (Wildman–Crippen MR) is 115 cm³/mol. The standard InChI is InChI=1S/C23H21F4N3O7/c24-12-3-1-2-10(4-12)9-36-22(23(34)35)21-20(33)18(19(32)16(8-31)37-21)30-7-15(28-29-30)11-5-13(25)17(27)14(26)6-11/h1-7,16,18-22,31-33H,8-9H2,(H,34,35)/t16?,18-,19-,20?,21+,22-/m0/s1. The lowest BCUT2D eigenvalue weighted by molar-refractivity contribution is -0.238. The Morgan fingerprint density at radius 1 is 1.11 bits per heavy atom. The molecule has 14 heteroatoms. The minimum Gasteiger partial charge on any atom is -0.479 e. The summed E-state index contributed by atoms with van der Waals surface area (Å²) < 4.78 is 65.9. The van der Waals surface area contributed by atoms with Gasteiger partial charge in [-0.3, -0.25) is 0 Å². The van der Waals surface area contributed by atoms with Gasteiger partial charge < -0.3 is 29.9 Å². The monoisotopic (exact) mass is 527 g/mol. The maximum absolute atomic E-state index is 13.7. The number of ether oxygens (including phenoxy) is 2. The molecular weight excluding hydrogens is 506 g/mol. The molecular formula is C23H21F4N3O7. The lowest BCUT2D eigenvalue weighted by atomic mass is 9.90. The van der Waals surface area contributed by atoms with Crippen molar-refractivity contribution in [3.8, 4) is 11.3 Å². The number of hydrogen-bond donors (Lipinski definition) is 4. The quantitative estimate of drug-likeness (QED) is 0.251. The summed E-state index contributed by atoms with van der Waals surface area (Å²) in [4.78, 5) is 12.0. The van der Waals surface area contributed by atoms with Gasteiger partial charge in [-0.15, -0.1) is 5.10 Å². The molecule has 10 nitrogen and oxygen atoms in total. The van der Waals surface area contributed by atoms with Gasteiger partial charge in [-0.25, -0.2) is 27.0 Å². The highest BCUT2D eigenvalue weighted by atomic mass is 19.2. The first-order valence-electron chi connectivity index (χ1n) is 10.9. The third kappa shape index (κ3) is 5.47. The first-order chi connectivity index (χ1) is 17.6. The molecule has 6 atom stereocenters. The minimum atomic E-state index is -1.83. The minimum absolute atomic E-state index is 0.155. The van der Waals surface area contributed by atoms with Crippen molar-refractivity contribution in [2.75, 3.05) is 6.61 Å². The molecule has 1 aliphatic rings. The molecule has 1 saturated heterocycles. The Bertz CT molecular complexity index is 1250. The zero-order valence-corrected chi connectivity index (χ0v) is 18.8. The number of halogens is 4. The Labute approximate surface area is 206 Å². The third-order valence-electron chi connectivity index (χ3n) is 5.88. The van der Waals surface area contributed by atoms with Gasteiger partial charge in [-0.2, -0.15) is 0 Å². The number of carboxylic acids is 1. The Morgan fingerprint density at radius 3 is 2.43 bits per heavy atom. The van der Waals surface area contributed by atoms with Gasteiger partial charge in [0.25, 0.3) is 0 Å². The number of carbonyl (C=O) groups is 1. The van der Waals surface area contributed by atoms with E-state index in [1.807, 2.05) is 0 Å². The number of rotatable bonds is 8. The summed E-state index contributed by atoms with van der Waals surface area (Å²) in [6.07, 6.45) is -7.22. The molecule has 4 N–H and O–H groups in total. The van der Waals surface area contributed by atoms with Crippen molar-refractivity contribution < 1.29 is 52.3 Å². The van der Waals surface area contributed by atoms with E-state index in [-0.39, 0.29) is 17.9 Å². The topological polar surface area (TPSA) is 147 Å². The van der Waals surface area contributed by atoms with Gasteiger partial charge in [0.15, 0.2) is 23.6 Å². The second kappa shape index (κ2) is 10.9. The van der Waals surface area contributed by atoms with E-state index in [1.165, 1.54) is 18.2 Å². The van der Waals surface area contributed by atoms with Crippen molar-refractivity contribution in [1.82, 2.24) is 15.0 Å². The predicted octanol–water partition coefficient (Wildman–Crippen LogP) is 1.19. The van der Waals surface area contributed by atoms with E-state index in [2.05, 4.69) is 10.3 Å². The highest BCUT2D eigenvalue weighted by Gasteiger charge is 2.50. The number of carboxylic acid groups (broad SMARTS) is 1. The zero-order valence-electron chi connectivity index (χ0n) is 18.8. The molecule has 0 spiro atoms. The number of aliphatic carboxylic acids is 1. The third-order valence-corrected chi connectivity index (χ3v) is 5.88. The summed E-state index contributed by atoms with van der Waals surface area (Å²) in [5.41, 5.74) is -0.0553. The molecule has 4 rings (SSSR count). The molecule has 0 bridgehead atoms. The van der Waals surface area contributed by atoms with Gasteiger partial charge in [0.2, 0.25) is 0 Å². The Balaban J connectivity index is 1.62.